The van der Waals surface area contributed by atoms with E-state index in [4.69, 9.17) is 0 Å². The van der Waals surface area contributed by atoms with Crippen LogP contribution in [0.4, 0.5) is 0 Å². The standard InChI is InChI=1S/C14H12N2O3S/c17-12(10-20-13-8-4-5-9-16(13)19)15-14(18)11-6-2-1-3-7-11/h1-9H,10H2,(H,15,17,18). The Kier molecular flexibility index (Phi) is 4.73. The van der Waals surface area contributed by atoms with Crippen molar-refractivity contribution >= 4 is 23.6 Å². The zero-order chi connectivity index (χ0) is 14.4. The predicted molar refractivity (Wildman–Crippen MR) is 75.0 cm³/mol. The first-order chi connectivity index (χ1) is 9.66. The molecule has 1 heterocycles. The van der Waals surface area contributed by atoms with Crippen LogP contribution >= 0.6 is 11.8 Å². The summed E-state index contributed by atoms with van der Waals surface area (Å²) in [4.78, 5) is 23.4. The highest BCUT2D eigenvalue weighted by atomic mass is 32.2. The van der Waals surface area contributed by atoms with Crippen LogP contribution in [-0.4, -0.2) is 17.6 Å². The number of thioether (sulfide) groups is 1. The van der Waals surface area contributed by atoms with E-state index in [1.165, 1.54) is 6.20 Å². The largest absolute Gasteiger partial charge is 0.618 e. The Morgan fingerprint density at radius 2 is 1.80 bits per heavy atom. The van der Waals surface area contributed by atoms with Gasteiger partial charge in [-0.05, 0) is 30.0 Å². The molecule has 5 nitrogen and oxygen atoms in total. The first-order valence-corrected chi connectivity index (χ1v) is 6.85. The first-order valence-electron chi connectivity index (χ1n) is 5.87. The van der Waals surface area contributed by atoms with Gasteiger partial charge in [0.15, 0.2) is 6.20 Å². The van der Waals surface area contributed by atoms with Crippen LogP contribution in [0.3, 0.4) is 0 Å². The van der Waals surface area contributed by atoms with E-state index in [-0.39, 0.29) is 5.75 Å². The summed E-state index contributed by atoms with van der Waals surface area (Å²) >= 11 is 1.08. The molecule has 6 heteroatoms. The second-order valence-corrected chi connectivity index (χ2v) is 4.89. The molecule has 1 N–H and O–H groups in total. The molecule has 0 radical (unpaired) electrons. The third-order valence-corrected chi connectivity index (χ3v) is 3.45. The van der Waals surface area contributed by atoms with Gasteiger partial charge in [-0.25, -0.2) is 0 Å². The van der Waals surface area contributed by atoms with Gasteiger partial charge in [-0.1, -0.05) is 18.2 Å². The van der Waals surface area contributed by atoms with E-state index >= 15 is 0 Å². The quantitative estimate of drug-likeness (QED) is 0.524. The first kappa shape index (κ1) is 14.1. The Labute approximate surface area is 120 Å². The van der Waals surface area contributed by atoms with E-state index in [0.29, 0.717) is 15.3 Å². The number of pyridine rings is 1. The highest BCUT2D eigenvalue weighted by Gasteiger charge is 2.12. The summed E-state index contributed by atoms with van der Waals surface area (Å²) in [6, 6.07) is 13.4. The Morgan fingerprint density at radius 1 is 1.10 bits per heavy atom. The molecule has 20 heavy (non-hydrogen) atoms. The molecule has 0 saturated carbocycles. The lowest BCUT2D eigenvalue weighted by atomic mass is 10.2. The van der Waals surface area contributed by atoms with Gasteiger partial charge >= 0.3 is 0 Å². The Balaban J connectivity index is 1.87. The number of benzene rings is 1. The van der Waals surface area contributed by atoms with Gasteiger partial charge in [-0.15, -0.1) is 0 Å². The fraction of sp³-hybridized carbons (Fsp3) is 0.0714. The summed E-state index contributed by atoms with van der Waals surface area (Å²) in [6.07, 6.45) is 1.36. The number of rotatable bonds is 4. The summed E-state index contributed by atoms with van der Waals surface area (Å²) < 4.78 is 0.678. The maximum absolute atomic E-state index is 11.7. The van der Waals surface area contributed by atoms with Crippen molar-refractivity contribution in [3.05, 3.63) is 65.5 Å². The maximum Gasteiger partial charge on any atom is 0.257 e. The smallest absolute Gasteiger partial charge is 0.257 e. The SMILES string of the molecule is O=C(CSc1cccc[n+]1[O-])NC(=O)c1ccccc1. The van der Waals surface area contributed by atoms with Gasteiger partial charge in [0.2, 0.25) is 5.91 Å². The molecular weight excluding hydrogens is 276 g/mol. The van der Waals surface area contributed by atoms with Gasteiger partial charge in [-0.2, -0.15) is 4.73 Å². The molecule has 0 fully saturated rings. The zero-order valence-electron chi connectivity index (χ0n) is 10.5. The average Bonchev–Trinajstić information content (AvgIpc) is 2.47. The number of amides is 2. The van der Waals surface area contributed by atoms with Crippen LogP contribution in [0, 0.1) is 5.21 Å². The second kappa shape index (κ2) is 6.72. The molecule has 0 saturated heterocycles. The minimum atomic E-state index is -0.445. The molecule has 2 amide bonds. The highest BCUT2D eigenvalue weighted by Crippen LogP contribution is 2.11. The van der Waals surface area contributed by atoms with Gasteiger partial charge in [0.25, 0.3) is 10.9 Å². The summed E-state index contributed by atoms with van der Waals surface area (Å²) in [5, 5.41) is 14.1. The molecular formula is C14H12N2O3S. The summed E-state index contributed by atoms with van der Waals surface area (Å²) in [5.74, 6) is -0.878. The molecule has 0 atom stereocenters. The zero-order valence-corrected chi connectivity index (χ0v) is 11.3. The minimum Gasteiger partial charge on any atom is -0.618 e. The van der Waals surface area contributed by atoms with Crippen molar-refractivity contribution in [1.29, 1.82) is 0 Å². The number of imide groups is 1. The normalized spacial score (nSPS) is 10.0. The average molecular weight is 288 g/mol. The van der Waals surface area contributed by atoms with E-state index in [1.807, 2.05) is 0 Å². The summed E-state index contributed by atoms with van der Waals surface area (Å²) in [5.41, 5.74) is 0.421. The number of nitrogens with zero attached hydrogens (tertiary/aromatic N) is 1. The molecule has 0 aliphatic heterocycles. The van der Waals surface area contributed by atoms with Crippen molar-refractivity contribution in [2.75, 3.05) is 5.75 Å². The monoisotopic (exact) mass is 288 g/mol. The topological polar surface area (TPSA) is 73.1 Å². The molecule has 1 aromatic heterocycles. The van der Waals surface area contributed by atoms with Crippen LogP contribution in [0.15, 0.2) is 59.8 Å². The lowest BCUT2D eigenvalue weighted by Gasteiger charge is -2.04. The molecule has 1 aromatic carbocycles. The fourth-order valence-corrected chi connectivity index (χ4v) is 2.20. The minimum absolute atomic E-state index is 0.00479. The molecule has 102 valence electrons. The van der Waals surface area contributed by atoms with Gasteiger partial charge < -0.3 is 5.21 Å². The van der Waals surface area contributed by atoms with Crippen molar-refractivity contribution in [3.8, 4) is 0 Å². The Morgan fingerprint density at radius 3 is 2.50 bits per heavy atom. The molecule has 0 aliphatic rings. The van der Waals surface area contributed by atoms with Crippen LogP contribution in [0.1, 0.15) is 10.4 Å². The van der Waals surface area contributed by atoms with Crippen molar-refractivity contribution < 1.29 is 14.3 Å². The van der Waals surface area contributed by atoms with Crippen molar-refractivity contribution in [1.82, 2.24) is 5.32 Å². The van der Waals surface area contributed by atoms with Gasteiger partial charge in [0.05, 0.1) is 5.75 Å². The van der Waals surface area contributed by atoms with Crippen LogP contribution in [0.5, 0.6) is 0 Å². The van der Waals surface area contributed by atoms with Crippen LogP contribution in [-0.2, 0) is 4.79 Å². The second-order valence-electron chi connectivity index (χ2n) is 3.90. The number of hydrogen-bond acceptors (Lipinski definition) is 4. The van der Waals surface area contributed by atoms with E-state index < -0.39 is 11.8 Å². The molecule has 0 unspecified atom stereocenters. The van der Waals surface area contributed by atoms with Crippen molar-refractivity contribution in [2.45, 2.75) is 5.03 Å². The van der Waals surface area contributed by atoms with E-state index in [1.54, 1.807) is 48.5 Å². The van der Waals surface area contributed by atoms with E-state index in [9.17, 15) is 14.8 Å². The third kappa shape index (κ3) is 3.83. The summed E-state index contributed by atoms with van der Waals surface area (Å²) in [6.45, 7) is 0. The lowest BCUT2D eigenvalue weighted by Crippen LogP contribution is -2.33. The molecule has 2 aromatic rings. The van der Waals surface area contributed by atoms with Gasteiger partial charge in [0.1, 0.15) is 0 Å². The fourth-order valence-electron chi connectivity index (χ4n) is 1.49. The van der Waals surface area contributed by atoms with Gasteiger partial charge in [0, 0.05) is 17.7 Å². The Hall–Kier alpha value is -2.34. The summed E-state index contributed by atoms with van der Waals surface area (Å²) in [7, 11) is 0. The highest BCUT2D eigenvalue weighted by molar-refractivity contribution is 7.99. The number of nitrogens with one attached hydrogen (secondary N) is 1. The van der Waals surface area contributed by atoms with Crippen LogP contribution in [0.2, 0.25) is 0 Å². The molecule has 0 bridgehead atoms. The number of carbonyl (C=O) groups excluding carboxylic acids is 2. The number of aromatic nitrogens is 1. The van der Waals surface area contributed by atoms with Crippen LogP contribution < -0.4 is 10.0 Å². The van der Waals surface area contributed by atoms with E-state index in [0.717, 1.165) is 11.8 Å². The lowest BCUT2D eigenvalue weighted by molar-refractivity contribution is -0.645. The Bertz CT molecular complexity index is 617. The van der Waals surface area contributed by atoms with Crippen molar-refractivity contribution in [2.24, 2.45) is 0 Å². The van der Waals surface area contributed by atoms with Crippen molar-refractivity contribution in [3.63, 3.8) is 0 Å². The number of carbonyl (C=O) groups is 2. The van der Waals surface area contributed by atoms with E-state index in [2.05, 4.69) is 5.32 Å². The molecule has 0 spiro atoms. The van der Waals surface area contributed by atoms with Crippen LogP contribution in [0.25, 0.3) is 0 Å². The molecule has 0 aliphatic carbocycles. The molecule has 2 rings (SSSR count). The predicted octanol–water partition coefficient (Wildman–Crippen LogP) is 1.37. The number of hydrogen-bond donors (Lipinski definition) is 1. The third-order valence-electron chi connectivity index (χ3n) is 2.43. The maximum atomic E-state index is 11.7. The van der Waals surface area contributed by atoms with Gasteiger partial charge in [-0.3, -0.25) is 14.9 Å².